The molecule has 6 aliphatic rings. The smallest absolute Gasteiger partial charge is 0.123 e. The molecule has 3 atom stereocenters. The summed E-state index contributed by atoms with van der Waals surface area (Å²) in [6.07, 6.45) is 20.7. The number of hydrogen-bond donors (Lipinski definition) is 0. The summed E-state index contributed by atoms with van der Waals surface area (Å²) in [5.41, 5.74) is 15.7. The van der Waals surface area contributed by atoms with Crippen molar-refractivity contribution in [3.63, 3.8) is 0 Å². The van der Waals surface area contributed by atoms with Crippen LogP contribution in [0.5, 0.6) is 0 Å². The molecule has 9 rings (SSSR count). The highest BCUT2D eigenvalue weighted by atomic mass is 19.1. The van der Waals surface area contributed by atoms with Gasteiger partial charge in [0.05, 0.1) is 11.9 Å². The number of halogens is 1. The van der Waals surface area contributed by atoms with Gasteiger partial charge in [-0.25, -0.2) is 9.07 Å². The summed E-state index contributed by atoms with van der Waals surface area (Å²) in [7, 11) is 0. The third kappa shape index (κ3) is 2.60. The number of rotatable bonds is 2. The molecule has 0 bridgehead atoms. The van der Waals surface area contributed by atoms with Crippen molar-refractivity contribution in [3.05, 3.63) is 135 Å². The summed E-state index contributed by atoms with van der Waals surface area (Å²) in [6, 6.07) is 13.2. The fourth-order valence-electron chi connectivity index (χ4n) is 7.37. The maximum absolute atomic E-state index is 13.5. The molecule has 37 heavy (non-hydrogen) atoms. The Balaban J connectivity index is 1.28. The van der Waals surface area contributed by atoms with Gasteiger partial charge in [0, 0.05) is 23.3 Å². The van der Waals surface area contributed by atoms with Gasteiger partial charge in [-0.1, -0.05) is 59.9 Å². The first kappa shape index (κ1) is 19.8. The van der Waals surface area contributed by atoms with Gasteiger partial charge >= 0.3 is 0 Å². The largest absolute Gasteiger partial charge is 0.223 e. The van der Waals surface area contributed by atoms with E-state index >= 15 is 0 Å². The number of nitrogens with zero attached hydrogens (tertiary/aromatic N) is 3. The van der Waals surface area contributed by atoms with E-state index in [1.54, 1.807) is 17.7 Å². The summed E-state index contributed by atoms with van der Waals surface area (Å²) in [4.78, 5) is 0. The Morgan fingerprint density at radius 2 is 1.89 bits per heavy atom. The van der Waals surface area contributed by atoms with Crippen LogP contribution in [-0.2, 0) is 6.42 Å². The molecule has 0 N–H and O–H groups in total. The van der Waals surface area contributed by atoms with Crippen molar-refractivity contribution in [1.82, 2.24) is 15.0 Å². The van der Waals surface area contributed by atoms with Crippen LogP contribution in [0, 0.1) is 23.6 Å². The van der Waals surface area contributed by atoms with E-state index in [1.807, 2.05) is 10.9 Å². The lowest BCUT2D eigenvalue weighted by Gasteiger charge is -2.47. The first-order chi connectivity index (χ1) is 18.2. The van der Waals surface area contributed by atoms with Crippen LogP contribution in [-0.4, -0.2) is 15.0 Å². The zero-order valence-electron chi connectivity index (χ0n) is 20.0. The molecular weight excluding hydrogens is 457 g/mol. The van der Waals surface area contributed by atoms with Crippen molar-refractivity contribution >= 4 is 17.3 Å². The normalized spacial score (nSPS) is 25.5. The number of hydrogen-bond acceptors (Lipinski definition) is 2. The van der Waals surface area contributed by atoms with Crippen LogP contribution in [0.25, 0.3) is 28.6 Å². The number of aromatic nitrogens is 3. The van der Waals surface area contributed by atoms with E-state index in [4.69, 9.17) is 0 Å². The van der Waals surface area contributed by atoms with Crippen molar-refractivity contribution in [2.24, 2.45) is 17.8 Å². The lowest BCUT2D eigenvalue weighted by Crippen LogP contribution is -2.34. The Morgan fingerprint density at radius 1 is 0.973 bits per heavy atom. The lowest BCUT2D eigenvalue weighted by atomic mass is 9.57. The molecule has 1 heterocycles. The fourth-order valence-corrected chi connectivity index (χ4v) is 7.37. The molecule has 3 unspecified atom stereocenters. The van der Waals surface area contributed by atoms with Crippen LogP contribution in [0.3, 0.4) is 0 Å². The van der Waals surface area contributed by atoms with E-state index in [2.05, 4.69) is 71.0 Å². The van der Waals surface area contributed by atoms with Crippen LogP contribution in [0.2, 0.25) is 0 Å². The SMILES string of the molecule is Fc1ccc(-c2cn(C3=Cc4cccc5c4C4=C6C(=CC7C=CCC8=C7C6C(=CC34)C=C8)C5)nn2)cc1. The third-order valence-electron chi connectivity index (χ3n) is 8.86. The van der Waals surface area contributed by atoms with Gasteiger partial charge in [0.1, 0.15) is 11.5 Å². The first-order valence-corrected chi connectivity index (χ1v) is 13.0. The zero-order valence-corrected chi connectivity index (χ0v) is 20.0. The monoisotopic (exact) mass is 479 g/mol. The maximum atomic E-state index is 13.5. The number of allylic oxidation sites excluding steroid dienone is 13. The molecule has 176 valence electrons. The molecule has 3 nitrogen and oxygen atoms in total. The molecule has 0 aliphatic heterocycles. The Kier molecular flexibility index (Phi) is 3.71. The fraction of sp³-hybridized carbons (Fsp3) is 0.152. The van der Waals surface area contributed by atoms with E-state index in [9.17, 15) is 4.39 Å². The Hall–Kier alpha value is -4.31. The minimum absolute atomic E-state index is 0.101. The van der Waals surface area contributed by atoms with Gasteiger partial charge in [-0.05, 0) is 93.3 Å². The molecule has 0 fully saturated rings. The van der Waals surface area contributed by atoms with Crippen LogP contribution in [0.15, 0.2) is 113 Å². The lowest BCUT2D eigenvalue weighted by molar-refractivity contribution is 0.628. The van der Waals surface area contributed by atoms with Crippen LogP contribution in [0.4, 0.5) is 4.39 Å². The minimum Gasteiger partial charge on any atom is -0.223 e. The van der Waals surface area contributed by atoms with Gasteiger partial charge in [-0.15, -0.1) is 5.10 Å². The molecule has 2 aromatic carbocycles. The number of benzene rings is 2. The molecule has 1 aromatic heterocycles. The van der Waals surface area contributed by atoms with Gasteiger partial charge < -0.3 is 0 Å². The highest BCUT2D eigenvalue weighted by molar-refractivity contribution is 6.00. The van der Waals surface area contributed by atoms with Crippen molar-refractivity contribution in [3.8, 4) is 11.3 Å². The van der Waals surface area contributed by atoms with Crippen molar-refractivity contribution in [2.45, 2.75) is 12.8 Å². The van der Waals surface area contributed by atoms with E-state index in [0.717, 1.165) is 29.8 Å². The second kappa shape index (κ2) is 6.92. The Bertz CT molecular complexity index is 1780. The highest BCUT2D eigenvalue weighted by Gasteiger charge is 2.46. The van der Waals surface area contributed by atoms with Gasteiger partial charge in [-0.3, -0.25) is 0 Å². The summed E-state index contributed by atoms with van der Waals surface area (Å²) in [6.45, 7) is 0. The average Bonchev–Trinajstić information content (AvgIpc) is 3.42. The van der Waals surface area contributed by atoms with Crippen molar-refractivity contribution < 1.29 is 4.39 Å². The predicted octanol–water partition coefficient (Wildman–Crippen LogP) is 6.96. The molecule has 0 spiro atoms. The van der Waals surface area contributed by atoms with Crippen molar-refractivity contribution in [2.75, 3.05) is 0 Å². The summed E-state index contributed by atoms with van der Waals surface area (Å²) in [5, 5.41) is 9.03. The summed E-state index contributed by atoms with van der Waals surface area (Å²) >= 11 is 0. The van der Waals surface area contributed by atoms with E-state index in [0.29, 0.717) is 11.8 Å². The van der Waals surface area contributed by atoms with Crippen LogP contribution < -0.4 is 0 Å². The second-order valence-corrected chi connectivity index (χ2v) is 10.8. The summed E-state index contributed by atoms with van der Waals surface area (Å²) < 4.78 is 15.4. The first-order valence-electron chi connectivity index (χ1n) is 13.0. The molecule has 0 amide bonds. The Morgan fingerprint density at radius 3 is 2.81 bits per heavy atom. The topological polar surface area (TPSA) is 30.7 Å². The van der Waals surface area contributed by atoms with Crippen LogP contribution >= 0.6 is 0 Å². The quantitative estimate of drug-likeness (QED) is 0.372. The highest BCUT2D eigenvalue weighted by Crippen LogP contribution is 2.60. The average molecular weight is 480 g/mol. The van der Waals surface area contributed by atoms with Gasteiger partial charge in [-0.2, -0.15) is 0 Å². The zero-order chi connectivity index (χ0) is 24.2. The standard InChI is InChI=1S/C33H22FN3/c34-25-11-9-18(10-12-25)27-17-37(36-35-27)28-16-22-6-2-5-21-14-24-13-20-4-1-3-19-7-8-23-15-26(28)33(30(21)22)32(24)31(23)29(19)20/h1-2,4-13,15-17,20,26,31H,3,14H2. The molecule has 6 aliphatic carbocycles. The third-order valence-corrected chi connectivity index (χ3v) is 8.86. The molecular formula is C33H22FN3. The van der Waals surface area contributed by atoms with E-state index in [1.165, 1.54) is 56.7 Å². The van der Waals surface area contributed by atoms with Gasteiger partial charge in [0.2, 0.25) is 0 Å². The van der Waals surface area contributed by atoms with Crippen molar-refractivity contribution in [1.29, 1.82) is 0 Å². The Labute approximate surface area is 214 Å². The molecule has 4 heteroatoms. The molecule has 3 aromatic rings. The van der Waals surface area contributed by atoms with E-state index in [-0.39, 0.29) is 11.7 Å². The van der Waals surface area contributed by atoms with Crippen LogP contribution in [0.1, 0.15) is 23.1 Å². The molecule has 0 saturated carbocycles. The maximum Gasteiger partial charge on any atom is 0.123 e. The molecule has 0 radical (unpaired) electrons. The van der Waals surface area contributed by atoms with Gasteiger partial charge in [0.15, 0.2) is 0 Å². The van der Waals surface area contributed by atoms with E-state index < -0.39 is 0 Å². The summed E-state index contributed by atoms with van der Waals surface area (Å²) in [5.74, 6) is 0.601. The second-order valence-electron chi connectivity index (χ2n) is 10.8. The van der Waals surface area contributed by atoms with Gasteiger partial charge in [0.25, 0.3) is 0 Å². The minimum atomic E-state index is -0.251. The molecule has 0 saturated heterocycles. The predicted molar refractivity (Wildman–Crippen MR) is 143 cm³/mol.